The van der Waals surface area contributed by atoms with E-state index in [9.17, 15) is 9.90 Å². The lowest BCUT2D eigenvalue weighted by Crippen LogP contribution is -2.35. The third-order valence-corrected chi connectivity index (χ3v) is 5.58. The fourth-order valence-corrected chi connectivity index (χ4v) is 3.71. The third kappa shape index (κ3) is 6.47. The molecular weight excluding hydrogens is 380 g/mol. The van der Waals surface area contributed by atoms with Gasteiger partial charge in [-0.05, 0) is 54.2 Å². The van der Waals surface area contributed by atoms with Crippen molar-refractivity contribution in [3.8, 4) is 11.5 Å². The molecule has 0 spiro atoms. The molecule has 6 heteroatoms. The summed E-state index contributed by atoms with van der Waals surface area (Å²) in [5.41, 5.74) is 3.30. The van der Waals surface area contributed by atoms with Crippen molar-refractivity contribution < 1.29 is 19.4 Å². The number of aliphatic hydroxyl groups is 1. The summed E-state index contributed by atoms with van der Waals surface area (Å²) in [6.45, 7) is 3.31. The normalized spacial score (nSPS) is 15.0. The molecule has 1 aliphatic rings. The van der Waals surface area contributed by atoms with E-state index in [0.717, 1.165) is 55.1 Å². The minimum absolute atomic E-state index is 0.0100. The summed E-state index contributed by atoms with van der Waals surface area (Å²) in [6, 6.07) is 14.0. The number of hydrogen-bond acceptors (Lipinski definition) is 5. The number of carbonyl (C=O) groups excluding carboxylic acids is 1. The predicted molar refractivity (Wildman–Crippen MR) is 117 cm³/mol. The highest BCUT2D eigenvalue weighted by molar-refractivity contribution is 5.76. The summed E-state index contributed by atoms with van der Waals surface area (Å²) in [4.78, 5) is 14.7. The lowest BCUT2D eigenvalue weighted by molar-refractivity contribution is -0.121. The first-order valence-corrected chi connectivity index (χ1v) is 10.5. The number of methoxy groups -OCH3 is 2. The van der Waals surface area contributed by atoms with Crippen molar-refractivity contribution in [3.63, 3.8) is 0 Å². The van der Waals surface area contributed by atoms with Gasteiger partial charge in [-0.2, -0.15) is 0 Å². The second kappa shape index (κ2) is 11.0. The average molecular weight is 413 g/mol. The van der Waals surface area contributed by atoms with Gasteiger partial charge in [-0.1, -0.05) is 24.3 Å². The molecule has 6 nitrogen and oxygen atoms in total. The van der Waals surface area contributed by atoms with Crippen molar-refractivity contribution >= 4 is 5.91 Å². The van der Waals surface area contributed by atoms with Crippen LogP contribution in [0.1, 0.15) is 36.0 Å². The number of piperidine rings is 1. The highest BCUT2D eigenvalue weighted by Gasteiger charge is 2.16. The lowest BCUT2D eigenvalue weighted by Gasteiger charge is -2.29. The molecule has 0 aliphatic carbocycles. The number of nitrogens with zero attached hydrogens (tertiary/aromatic N) is 1. The molecule has 0 atom stereocenters. The zero-order chi connectivity index (χ0) is 21.3. The molecule has 0 aromatic heterocycles. The fourth-order valence-electron chi connectivity index (χ4n) is 3.71. The molecule has 0 radical (unpaired) electrons. The number of rotatable bonds is 9. The maximum absolute atomic E-state index is 12.3. The van der Waals surface area contributed by atoms with E-state index < -0.39 is 0 Å². The number of nitrogens with one attached hydrogen (secondary N) is 1. The second-order valence-electron chi connectivity index (χ2n) is 7.78. The standard InChI is InChI=1S/C24H32N2O4/c1-29-22-8-9-23(30-2)20(15-22)7-10-24(28)25-16-18-3-5-19(6-4-18)17-26-13-11-21(27)12-14-26/h3-6,8-9,15,21,27H,7,10-14,16-17H2,1-2H3,(H,25,28). The predicted octanol–water partition coefficient (Wildman–Crippen LogP) is 2.91. The molecule has 1 fully saturated rings. The van der Waals surface area contributed by atoms with Gasteiger partial charge in [-0.25, -0.2) is 0 Å². The molecular formula is C24H32N2O4. The number of aryl methyl sites for hydroxylation is 1. The zero-order valence-electron chi connectivity index (χ0n) is 17.9. The first-order chi connectivity index (χ1) is 14.6. The summed E-state index contributed by atoms with van der Waals surface area (Å²) in [5.74, 6) is 1.53. The van der Waals surface area contributed by atoms with Crippen LogP contribution < -0.4 is 14.8 Å². The van der Waals surface area contributed by atoms with Crippen LogP contribution in [0.2, 0.25) is 0 Å². The Labute approximate surface area is 178 Å². The maximum atomic E-state index is 12.3. The number of hydrogen-bond donors (Lipinski definition) is 2. The van der Waals surface area contributed by atoms with E-state index in [4.69, 9.17) is 9.47 Å². The highest BCUT2D eigenvalue weighted by Crippen LogP contribution is 2.25. The molecule has 2 aromatic rings. The van der Waals surface area contributed by atoms with Crippen molar-refractivity contribution in [2.45, 2.75) is 44.9 Å². The van der Waals surface area contributed by atoms with Gasteiger partial charge < -0.3 is 19.9 Å². The summed E-state index contributed by atoms with van der Waals surface area (Å²) in [5, 5.41) is 12.6. The molecule has 2 N–H and O–H groups in total. The number of carbonyl (C=O) groups is 1. The Kier molecular flexibility index (Phi) is 8.11. The molecule has 162 valence electrons. The van der Waals surface area contributed by atoms with Gasteiger partial charge in [-0.3, -0.25) is 9.69 Å². The molecule has 1 amide bonds. The Bertz CT molecular complexity index is 814. The van der Waals surface area contributed by atoms with Crippen LogP contribution >= 0.6 is 0 Å². The van der Waals surface area contributed by atoms with Crippen LogP contribution in [-0.2, 0) is 24.3 Å². The lowest BCUT2D eigenvalue weighted by atomic mass is 10.1. The van der Waals surface area contributed by atoms with Gasteiger partial charge in [0.15, 0.2) is 0 Å². The van der Waals surface area contributed by atoms with Gasteiger partial charge in [0.2, 0.25) is 5.91 Å². The summed E-state index contributed by atoms with van der Waals surface area (Å²) in [7, 11) is 3.25. The van der Waals surface area contributed by atoms with Crippen LogP contribution in [0.15, 0.2) is 42.5 Å². The topological polar surface area (TPSA) is 71.0 Å². The van der Waals surface area contributed by atoms with Gasteiger partial charge >= 0.3 is 0 Å². The van der Waals surface area contributed by atoms with Gasteiger partial charge in [0.25, 0.3) is 0 Å². The molecule has 30 heavy (non-hydrogen) atoms. The van der Waals surface area contributed by atoms with E-state index in [0.29, 0.717) is 19.4 Å². The Morgan fingerprint density at radius 2 is 1.77 bits per heavy atom. The van der Waals surface area contributed by atoms with Gasteiger partial charge in [-0.15, -0.1) is 0 Å². The van der Waals surface area contributed by atoms with Crippen LogP contribution in [0.5, 0.6) is 11.5 Å². The summed E-state index contributed by atoms with van der Waals surface area (Å²) in [6.07, 6.45) is 2.55. The molecule has 3 rings (SSSR count). The minimum Gasteiger partial charge on any atom is -0.497 e. The smallest absolute Gasteiger partial charge is 0.220 e. The van der Waals surface area contributed by atoms with Crippen LogP contribution in [-0.4, -0.2) is 49.3 Å². The van der Waals surface area contributed by atoms with E-state index in [-0.39, 0.29) is 12.0 Å². The quantitative estimate of drug-likeness (QED) is 0.663. The van der Waals surface area contributed by atoms with Crippen LogP contribution in [0.3, 0.4) is 0 Å². The first-order valence-electron chi connectivity index (χ1n) is 10.5. The maximum Gasteiger partial charge on any atom is 0.220 e. The van der Waals surface area contributed by atoms with Gasteiger partial charge in [0, 0.05) is 32.6 Å². The summed E-state index contributed by atoms with van der Waals surface area (Å²) < 4.78 is 10.6. The number of ether oxygens (including phenoxy) is 2. The number of likely N-dealkylation sites (tertiary alicyclic amines) is 1. The van der Waals surface area contributed by atoms with Gasteiger partial charge in [0.1, 0.15) is 11.5 Å². The molecule has 0 saturated carbocycles. The monoisotopic (exact) mass is 412 g/mol. The average Bonchev–Trinajstić information content (AvgIpc) is 2.78. The van der Waals surface area contributed by atoms with Gasteiger partial charge in [0.05, 0.1) is 20.3 Å². The SMILES string of the molecule is COc1ccc(OC)c(CCC(=O)NCc2ccc(CN3CCC(O)CC3)cc2)c1. The van der Waals surface area contributed by atoms with Crippen molar-refractivity contribution in [1.29, 1.82) is 0 Å². The number of benzene rings is 2. The van der Waals surface area contributed by atoms with E-state index in [1.165, 1.54) is 5.56 Å². The zero-order valence-corrected chi connectivity index (χ0v) is 17.9. The van der Waals surface area contributed by atoms with Crippen molar-refractivity contribution in [2.24, 2.45) is 0 Å². The first kappa shape index (κ1) is 22.1. The molecule has 2 aromatic carbocycles. The summed E-state index contributed by atoms with van der Waals surface area (Å²) >= 11 is 0. The highest BCUT2D eigenvalue weighted by atomic mass is 16.5. The Balaban J connectivity index is 1.43. The molecule has 0 unspecified atom stereocenters. The van der Waals surface area contributed by atoms with Crippen LogP contribution in [0.25, 0.3) is 0 Å². The third-order valence-electron chi connectivity index (χ3n) is 5.58. The Morgan fingerprint density at radius 1 is 1.07 bits per heavy atom. The van der Waals surface area contributed by atoms with Crippen LogP contribution in [0.4, 0.5) is 0 Å². The largest absolute Gasteiger partial charge is 0.497 e. The van der Waals surface area contributed by atoms with E-state index in [2.05, 4.69) is 34.5 Å². The van der Waals surface area contributed by atoms with E-state index >= 15 is 0 Å². The van der Waals surface area contributed by atoms with Crippen molar-refractivity contribution in [3.05, 3.63) is 59.2 Å². The Hall–Kier alpha value is -2.57. The van der Waals surface area contributed by atoms with E-state index in [1.807, 2.05) is 18.2 Å². The van der Waals surface area contributed by atoms with E-state index in [1.54, 1.807) is 14.2 Å². The van der Waals surface area contributed by atoms with Crippen LogP contribution in [0, 0.1) is 0 Å². The molecule has 0 bridgehead atoms. The molecule has 1 saturated heterocycles. The Morgan fingerprint density at radius 3 is 2.43 bits per heavy atom. The second-order valence-corrected chi connectivity index (χ2v) is 7.78. The van der Waals surface area contributed by atoms with Crippen molar-refractivity contribution in [1.82, 2.24) is 10.2 Å². The minimum atomic E-state index is -0.141. The molecule has 1 aliphatic heterocycles. The molecule has 1 heterocycles. The number of amides is 1. The van der Waals surface area contributed by atoms with Crippen molar-refractivity contribution in [2.75, 3.05) is 27.3 Å². The fraction of sp³-hybridized carbons (Fsp3) is 0.458. The number of aliphatic hydroxyl groups excluding tert-OH is 1.